The van der Waals surface area contributed by atoms with Crippen LogP contribution in [0.25, 0.3) is 0 Å². The molecule has 11 heteroatoms. The Morgan fingerprint density at radius 3 is 2.73 bits per heavy atom. The second-order valence-corrected chi connectivity index (χ2v) is 7.32. The van der Waals surface area contributed by atoms with Gasteiger partial charge in [0.25, 0.3) is 0 Å². The number of nitroso groups, excluding NO2 is 1. The minimum absolute atomic E-state index is 0.0766. The average molecular weight is 327 g/mol. The lowest BCUT2D eigenvalue weighted by Crippen LogP contribution is -2.26. The van der Waals surface area contributed by atoms with Gasteiger partial charge in [-0.3, -0.25) is 9.99 Å². The number of aliphatic imine (C=N–C) groups is 1. The monoisotopic (exact) mass is 327 g/mol. The van der Waals surface area contributed by atoms with E-state index in [0.717, 1.165) is 5.01 Å². The molecule has 10 nitrogen and oxygen atoms in total. The normalized spacial score (nSPS) is 23.8. The van der Waals surface area contributed by atoms with Crippen LogP contribution in [0.4, 0.5) is 5.95 Å². The number of amidine groups is 1. The molecular formula is C11H18N7O3P. The van der Waals surface area contributed by atoms with Crippen molar-refractivity contribution < 1.29 is 9.09 Å². The highest BCUT2D eigenvalue weighted by molar-refractivity contribution is 7.58. The standard InChI is InChI=1S/C11H18N7O3P/c1-8(2)7-9-14-11(18(3)17-19)21-22(9,20)16-15-10-12-5-4-6-13-10/h4-6,8-9H,7H2,1-3H3,(H,16,20)(H,12,13,15)/t9-,22+/m1/s1. The SMILES string of the molecule is CC(C)C[C@@H]1N=C(N(C)N=O)O[P@]1(=O)NNc1ncccn1. The molecule has 0 spiro atoms. The summed E-state index contributed by atoms with van der Waals surface area (Å²) in [6.07, 6.45) is 3.61. The molecule has 0 radical (unpaired) electrons. The zero-order valence-electron chi connectivity index (χ0n) is 12.5. The van der Waals surface area contributed by atoms with Gasteiger partial charge in [0.15, 0.2) is 5.78 Å². The molecule has 0 saturated heterocycles. The van der Waals surface area contributed by atoms with Gasteiger partial charge in [-0.1, -0.05) is 13.8 Å². The van der Waals surface area contributed by atoms with Crippen LogP contribution in [0.15, 0.2) is 28.7 Å². The van der Waals surface area contributed by atoms with Gasteiger partial charge in [-0.2, -0.15) is 5.01 Å². The van der Waals surface area contributed by atoms with Gasteiger partial charge in [0.2, 0.25) is 5.95 Å². The molecule has 0 aromatic carbocycles. The quantitative estimate of drug-likeness (QED) is 0.462. The van der Waals surface area contributed by atoms with Gasteiger partial charge < -0.3 is 4.52 Å². The summed E-state index contributed by atoms with van der Waals surface area (Å²) in [6, 6.07) is 1.58. The molecule has 1 aromatic rings. The van der Waals surface area contributed by atoms with Gasteiger partial charge in [-0.05, 0) is 18.4 Å². The third-order valence-electron chi connectivity index (χ3n) is 2.84. The molecule has 0 saturated carbocycles. The summed E-state index contributed by atoms with van der Waals surface area (Å²) in [4.78, 5) is 22.7. The highest BCUT2D eigenvalue weighted by Gasteiger charge is 2.44. The number of hydrazine groups is 1. The molecular weight excluding hydrogens is 309 g/mol. The molecule has 0 bridgehead atoms. The van der Waals surface area contributed by atoms with E-state index in [-0.39, 0.29) is 17.9 Å². The second kappa shape index (κ2) is 6.80. The number of nitrogens with one attached hydrogen (secondary N) is 2. The molecule has 2 N–H and O–H groups in total. The van der Waals surface area contributed by atoms with Gasteiger partial charge in [0, 0.05) is 19.4 Å². The molecule has 22 heavy (non-hydrogen) atoms. The van der Waals surface area contributed by atoms with Crippen LogP contribution in [0.5, 0.6) is 0 Å². The van der Waals surface area contributed by atoms with Crippen LogP contribution in [0.2, 0.25) is 0 Å². The number of rotatable bonds is 6. The van der Waals surface area contributed by atoms with Crippen molar-refractivity contribution in [2.24, 2.45) is 16.2 Å². The van der Waals surface area contributed by atoms with Crippen LogP contribution in [0.3, 0.4) is 0 Å². The maximum atomic E-state index is 12.9. The molecule has 1 aromatic heterocycles. The van der Waals surface area contributed by atoms with Crippen molar-refractivity contribution in [2.75, 3.05) is 12.5 Å². The minimum atomic E-state index is -3.41. The van der Waals surface area contributed by atoms with E-state index in [9.17, 15) is 9.47 Å². The molecule has 1 aliphatic heterocycles. The fourth-order valence-electron chi connectivity index (χ4n) is 1.79. The Morgan fingerprint density at radius 2 is 2.14 bits per heavy atom. The molecule has 2 atom stereocenters. The minimum Gasteiger partial charge on any atom is -0.396 e. The highest BCUT2D eigenvalue weighted by Crippen LogP contribution is 2.54. The summed E-state index contributed by atoms with van der Waals surface area (Å²) in [7, 11) is -2.03. The van der Waals surface area contributed by atoms with Crippen LogP contribution < -0.4 is 10.6 Å². The van der Waals surface area contributed by atoms with Gasteiger partial charge in [-0.15, -0.1) is 10.1 Å². The first-order valence-electron chi connectivity index (χ1n) is 6.69. The Hall–Kier alpha value is -2.06. The Balaban J connectivity index is 2.12. The van der Waals surface area contributed by atoms with Crippen LogP contribution in [-0.4, -0.2) is 33.8 Å². The zero-order chi connectivity index (χ0) is 16.2. The van der Waals surface area contributed by atoms with Gasteiger partial charge >= 0.3 is 13.5 Å². The number of hydrogen-bond acceptors (Lipinski definition) is 8. The van der Waals surface area contributed by atoms with Crippen molar-refractivity contribution >= 4 is 19.5 Å². The Bertz CT molecular complexity index is 595. The van der Waals surface area contributed by atoms with Crippen molar-refractivity contribution in [2.45, 2.75) is 26.1 Å². The van der Waals surface area contributed by atoms with Crippen LogP contribution in [0, 0.1) is 10.8 Å². The van der Waals surface area contributed by atoms with Crippen LogP contribution >= 0.6 is 7.52 Å². The van der Waals surface area contributed by atoms with Gasteiger partial charge in [-0.25, -0.2) is 15.0 Å². The molecule has 120 valence electrons. The van der Waals surface area contributed by atoms with Gasteiger partial charge in [0.1, 0.15) is 0 Å². The summed E-state index contributed by atoms with van der Waals surface area (Å²) in [6.45, 7) is 3.96. The van der Waals surface area contributed by atoms with E-state index in [2.05, 4.69) is 30.9 Å². The fraction of sp³-hybridized carbons (Fsp3) is 0.545. The first kappa shape index (κ1) is 16.3. The number of anilines is 1. The van der Waals surface area contributed by atoms with Crippen molar-refractivity contribution in [1.82, 2.24) is 20.2 Å². The van der Waals surface area contributed by atoms with E-state index in [0.29, 0.717) is 6.42 Å². The van der Waals surface area contributed by atoms with Crippen LogP contribution in [-0.2, 0) is 9.09 Å². The average Bonchev–Trinajstić information content (AvgIpc) is 2.82. The third-order valence-corrected chi connectivity index (χ3v) is 4.81. The number of hydrogen-bond donors (Lipinski definition) is 2. The lowest BCUT2D eigenvalue weighted by atomic mass is 10.1. The second-order valence-electron chi connectivity index (χ2n) is 5.12. The predicted octanol–water partition coefficient (Wildman–Crippen LogP) is 1.96. The highest BCUT2D eigenvalue weighted by atomic mass is 31.2. The van der Waals surface area contributed by atoms with Crippen molar-refractivity contribution in [3.63, 3.8) is 0 Å². The summed E-state index contributed by atoms with van der Waals surface area (Å²) >= 11 is 0. The van der Waals surface area contributed by atoms with E-state index in [4.69, 9.17) is 4.52 Å². The topological polar surface area (TPSA) is 121 Å². The van der Waals surface area contributed by atoms with Crippen molar-refractivity contribution in [3.05, 3.63) is 23.4 Å². The van der Waals surface area contributed by atoms with E-state index >= 15 is 0 Å². The van der Waals surface area contributed by atoms with Crippen molar-refractivity contribution in [3.8, 4) is 0 Å². The first-order valence-corrected chi connectivity index (χ1v) is 8.38. The molecule has 0 amide bonds. The zero-order valence-corrected chi connectivity index (χ0v) is 13.4. The molecule has 1 aliphatic rings. The molecule has 0 aliphatic carbocycles. The smallest absolute Gasteiger partial charge is 0.360 e. The van der Waals surface area contributed by atoms with Crippen molar-refractivity contribution in [1.29, 1.82) is 0 Å². The van der Waals surface area contributed by atoms with Crippen LogP contribution in [0.1, 0.15) is 20.3 Å². The molecule has 2 heterocycles. The summed E-state index contributed by atoms with van der Waals surface area (Å²) in [5, 5.41) is 6.21. The summed E-state index contributed by atoms with van der Waals surface area (Å²) in [5.74, 6) is -0.128. The number of nitrogens with zero attached hydrogens (tertiary/aromatic N) is 5. The summed E-state index contributed by atoms with van der Waals surface area (Å²) < 4.78 is 18.3. The Kier molecular flexibility index (Phi) is 5.04. The maximum Gasteiger partial charge on any atom is 0.360 e. The molecule has 2 rings (SSSR count). The summed E-state index contributed by atoms with van der Waals surface area (Å²) in [5.41, 5.74) is 2.65. The van der Waals surface area contributed by atoms with E-state index in [1.807, 2.05) is 13.8 Å². The first-order chi connectivity index (χ1) is 10.4. The Morgan fingerprint density at radius 1 is 1.45 bits per heavy atom. The fourth-order valence-corrected chi connectivity index (χ4v) is 3.72. The van der Waals surface area contributed by atoms with Gasteiger partial charge in [0.05, 0.1) is 5.29 Å². The third kappa shape index (κ3) is 3.77. The number of aromatic nitrogens is 2. The molecule has 0 unspecified atom stereocenters. The van der Waals surface area contributed by atoms with E-state index in [1.54, 1.807) is 18.5 Å². The lowest BCUT2D eigenvalue weighted by molar-refractivity contribution is 0.395. The maximum absolute atomic E-state index is 12.9. The molecule has 0 fully saturated rings. The lowest BCUT2D eigenvalue weighted by Gasteiger charge is -2.20. The van der Waals surface area contributed by atoms with E-state index < -0.39 is 13.3 Å². The predicted molar refractivity (Wildman–Crippen MR) is 81.7 cm³/mol. The largest absolute Gasteiger partial charge is 0.396 e. The van der Waals surface area contributed by atoms with E-state index in [1.165, 1.54) is 7.05 Å². The Labute approximate surface area is 127 Å².